The van der Waals surface area contributed by atoms with Crippen LogP contribution >= 0.6 is 11.8 Å². The van der Waals surface area contributed by atoms with Gasteiger partial charge < -0.3 is 0 Å². The van der Waals surface area contributed by atoms with Gasteiger partial charge in [-0.15, -0.1) is 10.2 Å². The number of aryl methyl sites for hydroxylation is 1. The van der Waals surface area contributed by atoms with Crippen molar-refractivity contribution in [2.45, 2.75) is 31.5 Å². The second-order valence-electron chi connectivity index (χ2n) is 4.87. The van der Waals surface area contributed by atoms with E-state index in [2.05, 4.69) is 15.5 Å². The summed E-state index contributed by atoms with van der Waals surface area (Å²) in [5, 5.41) is 11.9. The monoisotopic (exact) mass is 288 g/mol. The Labute approximate surface area is 121 Å². The molecule has 0 bridgehead atoms. The fourth-order valence-electron chi connectivity index (χ4n) is 2.25. The summed E-state index contributed by atoms with van der Waals surface area (Å²) in [6.07, 6.45) is 1.44. The number of carbonyl (C=O) groups excluding carboxylic acids is 1. The number of fused-ring (bicyclic) bond motifs is 1. The Morgan fingerprint density at radius 2 is 2.35 bits per heavy atom. The van der Waals surface area contributed by atoms with Crippen molar-refractivity contribution in [3.8, 4) is 0 Å². The van der Waals surface area contributed by atoms with Gasteiger partial charge >= 0.3 is 0 Å². The summed E-state index contributed by atoms with van der Waals surface area (Å²) in [5.74, 6) is 1.57. The van der Waals surface area contributed by atoms with Gasteiger partial charge in [0.05, 0.1) is 6.42 Å². The lowest BCUT2D eigenvalue weighted by Crippen LogP contribution is -2.19. The van der Waals surface area contributed by atoms with Gasteiger partial charge in [-0.05, 0) is 18.9 Å². The molecule has 1 aromatic heterocycles. The van der Waals surface area contributed by atoms with E-state index < -0.39 is 0 Å². The Kier molecular flexibility index (Phi) is 3.73. The molecule has 0 unspecified atom stereocenters. The van der Waals surface area contributed by atoms with Crippen LogP contribution in [-0.4, -0.2) is 26.4 Å². The summed E-state index contributed by atoms with van der Waals surface area (Å²) in [6.45, 7) is 2.89. The van der Waals surface area contributed by atoms with Gasteiger partial charge in [0.2, 0.25) is 11.9 Å². The van der Waals surface area contributed by atoms with E-state index in [0.29, 0.717) is 12.4 Å². The molecule has 0 spiro atoms. The van der Waals surface area contributed by atoms with Crippen LogP contribution in [0.5, 0.6) is 0 Å². The van der Waals surface area contributed by atoms with Gasteiger partial charge in [0.1, 0.15) is 0 Å². The topological polar surface area (TPSA) is 59.8 Å². The van der Waals surface area contributed by atoms with Crippen LogP contribution in [0.2, 0.25) is 0 Å². The van der Waals surface area contributed by atoms with E-state index in [-0.39, 0.29) is 5.91 Å². The van der Waals surface area contributed by atoms with Gasteiger partial charge in [-0.25, -0.2) is 0 Å². The molecule has 104 valence electrons. The zero-order chi connectivity index (χ0) is 13.9. The number of benzene rings is 1. The highest BCUT2D eigenvalue weighted by atomic mass is 32.2. The predicted molar refractivity (Wildman–Crippen MR) is 78.9 cm³/mol. The van der Waals surface area contributed by atoms with E-state index in [9.17, 15) is 4.79 Å². The predicted octanol–water partition coefficient (Wildman–Crippen LogP) is 2.26. The number of hydrogen-bond donors (Lipinski definition) is 1. The number of amides is 1. The van der Waals surface area contributed by atoms with Crippen LogP contribution in [-0.2, 0) is 17.8 Å². The molecule has 0 fully saturated rings. The van der Waals surface area contributed by atoms with E-state index in [1.54, 1.807) is 11.8 Å². The third-order valence-corrected chi connectivity index (χ3v) is 4.23. The summed E-state index contributed by atoms with van der Waals surface area (Å²) in [5.41, 5.74) is 2.17. The number of nitrogens with one attached hydrogen (secondary N) is 1. The lowest BCUT2D eigenvalue weighted by atomic mass is 10.1. The van der Waals surface area contributed by atoms with E-state index in [0.717, 1.165) is 35.0 Å². The number of rotatable bonds is 3. The first-order valence-corrected chi connectivity index (χ1v) is 7.62. The Morgan fingerprint density at radius 1 is 1.45 bits per heavy atom. The average molecular weight is 288 g/mol. The molecule has 1 amide bonds. The molecular formula is C14H16N4OS. The quantitative estimate of drug-likeness (QED) is 0.941. The van der Waals surface area contributed by atoms with Crippen molar-refractivity contribution in [1.29, 1.82) is 0 Å². The van der Waals surface area contributed by atoms with Gasteiger partial charge in [0, 0.05) is 12.3 Å². The van der Waals surface area contributed by atoms with Gasteiger partial charge in [-0.1, -0.05) is 41.6 Å². The standard InChI is InChI=1S/C14H16N4OS/c1-10-4-2-5-11(8-10)9-12(19)15-13-16-17-14-18(13)6-3-7-20-14/h2,4-5,8H,3,6-7,9H2,1H3,(H,15,16,19). The first kappa shape index (κ1) is 13.2. The van der Waals surface area contributed by atoms with Crippen molar-refractivity contribution in [2.24, 2.45) is 0 Å². The normalized spacial score (nSPS) is 13.8. The smallest absolute Gasteiger partial charge is 0.231 e. The molecule has 6 heteroatoms. The van der Waals surface area contributed by atoms with Crippen LogP contribution in [0.15, 0.2) is 29.4 Å². The highest BCUT2D eigenvalue weighted by molar-refractivity contribution is 7.99. The molecule has 2 aromatic rings. The Balaban J connectivity index is 1.69. The molecule has 0 saturated carbocycles. The average Bonchev–Trinajstić information content (AvgIpc) is 2.82. The molecule has 0 saturated heterocycles. The minimum Gasteiger partial charge on any atom is -0.294 e. The van der Waals surface area contributed by atoms with Crippen LogP contribution in [0.25, 0.3) is 0 Å². The van der Waals surface area contributed by atoms with Crippen LogP contribution in [0.4, 0.5) is 5.95 Å². The Hall–Kier alpha value is -1.82. The van der Waals surface area contributed by atoms with E-state index in [1.807, 2.05) is 35.8 Å². The molecule has 1 aromatic carbocycles. The van der Waals surface area contributed by atoms with Crippen molar-refractivity contribution in [3.63, 3.8) is 0 Å². The van der Waals surface area contributed by atoms with Crippen LogP contribution in [0, 0.1) is 6.92 Å². The van der Waals surface area contributed by atoms with Crippen molar-refractivity contribution in [1.82, 2.24) is 14.8 Å². The fraction of sp³-hybridized carbons (Fsp3) is 0.357. The van der Waals surface area contributed by atoms with Crippen molar-refractivity contribution < 1.29 is 4.79 Å². The van der Waals surface area contributed by atoms with Crippen LogP contribution < -0.4 is 5.32 Å². The zero-order valence-electron chi connectivity index (χ0n) is 11.3. The minimum atomic E-state index is -0.0543. The molecule has 0 atom stereocenters. The highest BCUT2D eigenvalue weighted by Gasteiger charge is 2.17. The summed E-state index contributed by atoms with van der Waals surface area (Å²) >= 11 is 1.68. The van der Waals surface area contributed by atoms with E-state index >= 15 is 0 Å². The SMILES string of the molecule is Cc1cccc(CC(=O)Nc2nnc3n2CCCS3)c1. The van der Waals surface area contributed by atoms with Crippen LogP contribution in [0.1, 0.15) is 17.5 Å². The minimum absolute atomic E-state index is 0.0543. The van der Waals surface area contributed by atoms with Gasteiger partial charge in [-0.3, -0.25) is 14.7 Å². The zero-order valence-corrected chi connectivity index (χ0v) is 12.1. The summed E-state index contributed by atoms with van der Waals surface area (Å²) in [6, 6.07) is 7.97. The van der Waals surface area contributed by atoms with Crippen LogP contribution in [0.3, 0.4) is 0 Å². The molecule has 3 rings (SSSR count). The molecule has 20 heavy (non-hydrogen) atoms. The first-order valence-electron chi connectivity index (χ1n) is 6.64. The third kappa shape index (κ3) is 2.85. The highest BCUT2D eigenvalue weighted by Crippen LogP contribution is 2.25. The third-order valence-electron chi connectivity index (χ3n) is 3.17. The molecule has 1 aliphatic heterocycles. The largest absolute Gasteiger partial charge is 0.294 e. The molecular weight excluding hydrogens is 272 g/mol. The maximum absolute atomic E-state index is 12.1. The number of nitrogens with zero attached hydrogens (tertiary/aromatic N) is 3. The van der Waals surface area contributed by atoms with Gasteiger partial charge in [-0.2, -0.15) is 0 Å². The maximum Gasteiger partial charge on any atom is 0.231 e. The molecule has 1 N–H and O–H groups in total. The molecule has 5 nitrogen and oxygen atoms in total. The Morgan fingerprint density at radius 3 is 3.20 bits per heavy atom. The molecule has 1 aliphatic rings. The molecule has 2 heterocycles. The second kappa shape index (κ2) is 5.66. The first-order chi connectivity index (χ1) is 9.72. The van der Waals surface area contributed by atoms with Crippen molar-refractivity contribution in [2.75, 3.05) is 11.1 Å². The second-order valence-corrected chi connectivity index (χ2v) is 5.94. The van der Waals surface area contributed by atoms with Crippen molar-refractivity contribution in [3.05, 3.63) is 35.4 Å². The van der Waals surface area contributed by atoms with E-state index in [1.165, 1.54) is 0 Å². The number of hydrogen-bond acceptors (Lipinski definition) is 4. The molecule has 0 aliphatic carbocycles. The Bertz CT molecular complexity index is 638. The number of thioether (sulfide) groups is 1. The maximum atomic E-state index is 12.1. The van der Waals surface area contributed by atoms with Gasteiger partial charge in [0.15, 0.2) is 5.16 Å². The fourth-order valence-corrected chi connectivity index (χ4v) is 3.14. The summed E-state index contributed by atoms with van der Waals surface area (Å²) < 4.78 is 1.97. The van der Waals surface area contributed by atoms with E-state index in [4.69, 9.17) is 0 Å². The summed E-state index contributed by atoms with van der Waals surface area (Å²) in [4.78, 5) is 12.1. The molecule has 0 radical (unpaired) electrons. The summed E-state index contributed by atoms with van der Waals surface area (Å²) in [7, 11) is 0. The number of carbonyl (C=O) groups is 1. The lowest BCUT2D eigenvalue weighted by molar-refractivity contribution is -0.115. The lowest BCUT2D eigenvalue weighted by Gasteiger charge is -2.14. The van der Waals surface area contributed by atoms with Crippen molar-refractivity contribution >= 4 is 23.6 Å². The number of anilines is 1. The van der Waals surface area contributed by atoms with Gasteiger partial charge in [0.25, 0.3) is 0 Å². The number of aromatic nitrogens is 3.